The third-order valence-electron chi connectivity index (χ3n) is 1.90. The number of nitrogens with one attached hydrogen (secondary N) is 1. The van der Waals surface area contributed by atoms with Crippen molar-refractivity contribution >= 4 is 6.09 Å². The lowest BCUT2D eigenvalue weighted by Crippen LogP contribution is -2.26. The predicted molar refractivity (Wildman–Crippen MR) is 54.7 cm³/mol. The summed E-state index contributed by atoms with van der Waals surface area (Å²) in [5.41, 5.74) is 0.873. The van der Waals surface area contributed by atoms with Crippen LogP contribution < -0.4 is 5.32 Å². The second kappa shape index (κ2) is 5.38. The van der Waals surface area contributed by atoms with E-state index in [1.165, 1.54) is 0 Å². The van der Waals surface area contributed by atoms with Crippen molar-refractivity contribution in [1.82, 2.24) is 10.3 Å². The number of oxazole rings is 1. The third-order valence-corrected chi connectivity index (χ3v) is 1.90. The van der Waals surface area contributed by atoms with Crippen molar-refractivity contribution in [2.75, 3.05) is 13.2 Å². The molecule has 1 amide bonds. The molecule has 0 bridgehead atoms. The summed E-state index contributed by atoms with van der Waals surface area (Å²) in [5.74, 6) is 1.46. The van der Waals surface area contributed by atoms with Gasteiger partial charge in [-0.1, -0.05) is 0 Å². The monoisotopic (exact) mass is 212 g/mol. The number of aromatic nitrogens is 1. The molecule has 15 heavy (non-hydrogen) atoms. The van der Waals surface area contributed by atoms with Crippen LogP contribution in [0.2, 0.25) is 0 Å². The molecule has 1 aromatic rings. The maximum absolute atomic E-state index is 10.9. The Morgan fingerprint density at radius 3 is 2.80 bits per heavy atom. The maximum Gasteiger partial charge on any atom is 0.407 e. The van der Waals surface area contributed by atoms with Crippen LogP contribution in [0, 0.1) is 13.8 Å². The normalized spacial score (nSPS) is 10.1. The lowest BCUT2D eigenvalue weighted by Gasteiger charge is -2.03. The first-order valence-corrected chi connectivity index (χ1v) is 4.97. The molecule has 0 spiro atoms. The number of hydrogen-bond acceptors (Lipinski definition) is 4. The number of aryl methyl sites for hydroxylation is 2. The second-order valence-electron chi connectivity index (χ2n) is 3.14. The van der Waals surface area contributed by atoms with Gasteiger partial charge in [0.25, 0.3) is 0 Å². The summed E-state index contributed by atoms with van der Waals surface area (Å²) in [4.78, 5) is 15.1. The van der Waals surface area contributed by atoms with Crippen LogP contribution in [0.4, 0.5) is 4.79 Å². The van der Waals surface area contributed by atoms with Crippen LogP contribution in [0.1, 0.15) is 24.3 Å². The van der Waals surface area contributed by atoms with E-state index >= 15 is 0 Å². The van der Waals surface area contributed by atoms with Gasteiger partial charge in [0.2, 0.25) is 0 Å². The van der Waals surface area contributed by atoms with Crippen LogP contribution in [-0.2, 0) is 11.2 Å². The molecule has 0 fully saturated rings. The number of carbonyl (C=O) groups is 1. The topological polar surface area (TPSA) is 64.4 Å². The predicted octanol–water partition coefficient (Wildman–Crippen LogP) is 1.58. The number of ether oxygens (including phenoxy) is 1. The van der Waals surface area contributed by atoms with E-state index in [1.54, 1.807) is 13.8 Å². The van der Waals surface area contributed by atoms with Crippen LogP contribution in [-0.4, -0.2) is 24.2 Å². The van der Waals surface area contributed by atoms with Crippen LogP contribution in [0.3, 0.4) is 0 Å². The Morgan fingerprint density at radius 2 is 2.27 bits per heavy atom. The van der Waals surface area contributed by atoms with Gasteiger partial charge >= 0.3 is 6.09 Å². The van der Waals surface area contributed by atoms with Gasteiger partial charge in [0.1, 0.15) is 5.76 Å². The first kappa shape index (κ1) is 11.6. The molecule has 5 heteroatoms. The number of nitrogens with zero attached hydrogens (tertiary/aromatic N) is 1. The summed E-state index contributed by atoms with van der Waals surface area (Å²) in [6.07, 6.45) is 0.234. The average molecular weight is 212 g/mol. The van der Waals surface area contributed by atoms with E-state index < -0.39 is 6.09 Å². The summed E-state index contributed by atoms with van der Waals surface area (Å²) >= 11 is 0. The van der Waals surface area contributed by atoms with E-state index in [-0.39, 0.29) is 0 Å². The summed E-state index contributed by atoms with van der Waals surface area (Å²) < 4.78 is 10.1. The zero-order valence-corrected chi connectivity index (χ0v) is 9.29. The molecule has 0 aliphatic rings. The Bertz CT molecular complexity index is 333. The van der Waals surface area contributed by atoms with Crippen LogP contribution in [0.5, 0.6) is 0 Å². The molecule has 0 aliphatic carbocycles. The van der Waals surface area contributed by atoms with Gasteiger partial charge in [-0.05, 0) is 13.8 Å². The summed E-state index contributed by atoms with van der Waals surface area (Å²) in [5, 5.41) is 2.62. The Kier molecular flexibility index (Phi) is 4.15. The second-order valence-corrected chi connectivity index (χ2v) is 3.14. The fourth-order valence-electron chi connectivity index (χ4n) is 1.27. The van der Waals surface area contributed by atoms with E-state index in [2.05, 4.69) is 10.3 Å². The molecule has 0 saturated carbocycles. The van der Waals surface area contributed by atoms with Gasteiger partial charge in [0.15, 0.2) is 5.89 Å². The standard InChI is InChI=1S/C10H16N2O3/c1-4-14-10(13)11-6-5-9-7(2)12-8(3)15-9/h4-6H2,1-3H3,(H,11,13). The lowest BCUT2D eigenvalue weighted by atomic mass is 10.3. The Hall–Kier alpha value is -1.52. The van der Waals surface area contributed by atoms with Crippen molar-refractivity contribution < 1.29 is 13.9 Å². The first-order valence-electron chi connectivity index (χ1n) is 4.97. The largest absolute Gasteiger partial charge is 0.450 e. The fraction of sp³-hybridized carbons (Fsp3) is 0.600. The van der Waals surface area contributed by atoms with Crippen LogP contribution in [0.15, 0.2) is 4.42 Å². The summed E-state index contributed by atoms with van der Waals surface area (Å²) in [6.45, 7) is 6.33. The zero-order valence-electron chi connectivity index (χ0n) is 9.29. The molecule has 84 valence electrons. The number of amides is 1. The van der Waals surface area contributed by atoms with Crippen molar-refractivity contribution in [1.29, 1.82) is 0 Å². The smallest absolute Gasteiger partial charge is 0.407 e. The highest BCUT2D eigenvalue weighted by Gasteiger charge is 2.07. The van der Waals surface area contributed by atoms with E-state index in [1.807, 2.05) is 6.92 Å². The molecule has 0 aliphatic heterocycles. The van der Waals surface area contributed by atoms with Crippen molar-refractivity contribution in [3.8, 4) is 0 Å². The number of hydrogen-bond donors (Lipinski definition) is 1. The molecule has 0 atom stereocenters. The van der Waals surface area contributed by atoms with Crippen LogP contribution in [0.25, 0.3) is 0 Å². The maximum atomic E-state index is 10.9. The van der Waals surface area contributed by atoms with Gasteiger partial charge in [-0.3, -0.25) is 0 Å². The highest BCUT2D eigenvalue weighted by Crippen LogP contribution is 2.09. The molecule has 5 nitrogen and oxygen atoms in total. The quantitative estimate of drug-likeness (QED) is 0.823. The average Bonchev–Trinajstić information content (AvgIpc) is 2.46. The van der Waals surface area contributed by atoms with Gasteiger partial charge < -0.3 is 14.5 Å². The van der Waals surface area contributed by atoms with Gasteiger partial charge in [0.05, 0.1) is 12.3 Å². The SMILES string of the molecule is CCOC(=O)NCCc1oc(C)nc1C. The molecule has 0 unspecified atom stereocenters. The zero-order chi connectivity index (χ0) is 11.3. The third kappa shape index (κ3) is 3.61. The van der Waals surface area contributed by atoms with Crippen molar-refractivity contribution in [2.45, 2.75) is 27.2 Å². The highest BCUT2D eigenvalue weighted by molar-refractivity contribution is 5.66. The molecule has 1 N–H and O–H groups in total. The highest BCUT2D eigenvalue weighted by atomic mass is 16.5. The Morgan fingerprint density at radius 1 is 1.53 bits per heavy atom. The van der Waals surface area contributed by atoms with Crippen LogP contribution >= 0.6 is 0 Å². The van der Waals surface area contributed by atoms with E-state index in [0.29, 0.717) is 25.5 Å². The van der Waals surface area contributed by atoms with Crippen molar-refractivity contribution in [2.24, 2.45) is 0 Å². The minimum Gasteiger partial charge on any atom is -0.450 e. The van der Waals surface area contributed by atoms with Crippen molar-refractivity contribution in [3.63, 3.8) is 0 Å². The number of carbonyl (C=O) groups excluding carboxylic acids is 1. The van der Waals surface area contributed by atoms with E-state index in [9.17, 15) is 4.79 Å². The number of alkyl carbamates (subject to hydrolysis) is 1. The first-order chi connectivity index (χ1) is 7.13. The molecular weight excluding hydrogens is 196 g/mol. The van der Waals surface area contributed by atoms with Gasteiger partial charge in [-0.2, -0.15) is 0 Å². The molecule has 0 saturated heterocycles. The molecule has 0 aromatic carbocycles. The molecular formula is C10H16N2O3. The molecule has 1 heterocycles. The summed E-state index contributed by atoms with van der Waals surface area (Å²) in [7, 11) is 0. The lowest BCUT2D eigenvalue weighted by molar-refractivity contribution is 0.152. The fourth-order valence-corrected chi connectivity index (χ4v) is 1.27. The van der Waals surface area contributed by atoms with Gasteiger partial charge in [0, 0.05) is 19.9 Å². The Balaban J connectivity index is 2.31. The molecule has 1 aromatic heterocycles. The van der Waals surface area contributed by atoms with E-state index in [4.69, 9.17) is 9.15 Å². The van der Waals surface area contributed by atoms with Gasteiger partial charge in [-0.15, -0.1) is 0 Å². The van der Waals surface area contributed by atoms with Gasteiger partial charge in [-0.25, -0.2) is 9.78 Å². The summed E-state index contributed by atoms with van der Waals surface area (Å²) in [6, 6.07) is 0. The number of rotatable bonds is 4. The molecule has 1 rings (SSSR count). The van der Waals surface area contributed by atoms with E-state index in [0.717, 1.165) is 11.5 Å². The molecule has 0 radical (unpaired) electrons. The minimum atomic E-state index is -0.397. The van der Waals surface area contributed by atoms with Crippen molar-refractivity contribution in [3.05, 3.63) is 17.3 Å². The Labute approximate surface area is 88.8 Å². The minimum absolute atomic E-state index is 0.381.